The van der Waals surface area contributed by atoms with E-state index in [0.29, 0.717) is 25.1 Å². The number of allylic oxidation sites excluding steroid dienone is 1. The normalized spacial score (nSPS) is 19.8. The van der Waals surface area contributed by atoms with Crippen LogP contribution >= 0.6 is 11.3 Å². The molecule has 8 nitrogen and oxygen atoms in total. The molecule has 0 radical (unpaired) electrons. The van der Waals surface area contributed by atoms with Crippen molar-refractivity contribution >= 4 is 28.6 Å². The Labute approximate surface area is 204 Å². The second-order valence-electron chi connectivity index (χ2n) is 8.01. The van der Waals surface area contributed by atoms with E-state index in [0.717, 1.165) is 17.8 Å². The first-order valence-electron chi connectivity index (χ1n) is 11.1. The van der Waals surface area contributed by atoms with Crippen LogP contribution in [0.15, 0.2) is 29.7 Å². The average molecular weight is 510 g/mol. The van der Waals surface area contributed by atoms with Gasteiger partial charge in [0.2, 0.25) is 5.78 Å². The molecular formula is C23H26F3N5O3S. The van der Waals surface area contributed by atoms with Crippen molar-refractivity contribution in [2.24, 2.45) is 5.92 Å². The molecule has 0 saturated heterocycles. The first-order chi connectivity index (χ1) is 16.7. The molecule has 0 unspecified atom stereocenters. The zero-order valence-corrected chi connectivity index (χ0v) is 20.3. The highest BCUT2D eigenvalue weighted by Crippen LogP contribution is 2.29. The van der Waals surface area contributed by atoms with Crippen LogP contribution in [0.1, 0.15) is 49.2 Å². The largest absolute Gasteiger partial charge is 0.504 e. The lowest BCUT2D eigenvalue weighted by Gasteiger charge is -2.26. The van der Waals surface area contributed by atoms with E-state index < -0.39 is 34.9 Å². The molecule has 1 atom stereocenters. The third kappa shape index (κ3) is 5.88. The minimum absolute atomic E-state index is 0.00786. The van der Waals surface area contributed by atoms with Crippen LogP contribution in [0.4, 0.5) is 13.2 Å². The number of carbonyl (C=O) groups excluding carboxylic acids is 2. The van der Waals surface area contributed by atoms with E-state index in [4.69, 9.17) is 0 Å². The van der Waals surface area contributed by atoms with Crippen LogP contribution in [0.5, 0.6) is 0 Å². The van der Waals surface area contributed by atoms with Gasteiger partial charge in [-0.15, -0.1) is 10.2 Å². The number of aromatic nitrogens is 2. The van der Waals surface area contributed by atoms with Gasteiger partial charge in [-0.25, -0.2) is 18.6 Å². The molecule has 12 heteroatoms. The first kappa shape index (κ1) is 26.4. The van der Waals surface area contributed by atoms with Gasteiger partial charge < -0.3 is 15.4 Å². The Morgan fingerprint density at radius 3 is 2.49 bits per heavy atom. The number of ketones is 1. The lowest BCUT2D eigenvalue weighted by Crippen LogP contribution is -2.45. The predicted octanol–water partition coefficient (Wildman–Crippen LogP) is 3.62. The molecule has 3 rings (SSSR count). The summed E-state index contributed by atoms with van der Waals surface area (Å²) in [5.74, 6) is -5.53. The quantitative estimate of drug-likeness (QED) is 0.523. The number of Topliss-reactive ketones (excluding diaryl/α,β-unsaturated/α-hetero) is 1. The van der Waals surface area contributed by atoms with Gasteiger partial charge in [-0.3, -0.25) is 9.59 Å². The number of hydrazine groups is 1. The van der Waals surface area contributed by atoms with Gasteiger partial charge in [0.1, 0.15) is 22.5 Å². The summed E-state index contributed by atoms with van der Waals surface area (Å²) in [5.41, 5.74) is 5.07. The van der Waals surface area contributed by atoms with Crippen molar-refractivity contribution in [3.8, 4) is 0 Å². The molecule has 3 N–H and O–H groups in total. The zero-order valence-electron chi connectivity index (χ0n) is 19.5. The predicted molar refractivity (Wildman–Crippen MR) is 124 cm³/mol. The summed E-state index contributed by atoms with van der Waals surface area (Å²) in [6.07, 6.45) is 2.30. The van der Waals surface area contributed by atoms with Crippen molar-refractivity contribution in [2.45, 2.75) is 40.0 Å². The number of rotatable bonds is 7. The number of nitrogens with zero attached hydrogens (tertiary/aromatic N) is 3. The third-order valence-corrected chi connectivity index (χ3v) is 6.50. The zero-order chi connectivity index (χ0) is 25.7. The van der Waals surface area contributed by atoms with Crippen LogP contribution in [-0.2, 0) is 16.0 Å². The minimum Gasteiger partial charge on any atom is -0.504 e. The van der Waals surface area contributed by atoms with Crippen molar-refractivity contribution < 1.29 is 27.9 Å². The summed E-state index contributed by atoms with van der Waals surface area (Å²) < 4.78 is 41.3. The lowest BCUT2D eigenvalue weighted by atomic mass is 9.91. The van der Waals surface area contributed by atoms with Gasteiger partial charge in [-0.1, -0.05) is 31.6 Å². The van der Waals surface area contributed by atoms with Gasteiger partial charge in [0.25, 0.3) is 5.91 Å². The Bertz CT molecular complexity index is 1160. The number of hydrogen-bond acceptors (Lipinski definition) is 8. The van der Waals surface area contributed by atoms with Gasteiger partial charge in [0, 0.05) is 36.9 Å². The van der Waals surface area contributed by atoms with Crippen molar-refractivity contribution in [1.82, 2.24) is 25.9 Å². The Morgan fingerprint density at radius 1 is 1.17 bits per heavy atom. The smallest absolute Gasteiger partial charge is 0.255 e. The molecule has 0 fully saturated rings. The lowest BCUT2D eigenvalue weighted by molar-refractivity contribution is -0.128. The van der Waals surface area contributed by atoms with E-state index in [1.54, 1.807) is 13.8 Å². The first-order valence-corrected chi connectivity index (χ1v) is 11.9. The number of amides is 1. The minimum atomic E-state index is -1.06. The van der Waals surface area contributed by atoms with Crippen LogP contribution in [0, 0.1) is 23.4 Å². The Hall–Kier alpha value is -3.25. The molecule has 0 saturated carbocycles. The summed E-state index contributed by atoms with van der Waals surface area (Å²) in [7, 11) is 0. The van der Waals surface area contributed by atoms with Crippen LogP contribution < -0.4 is 10.9 Å². The number of hydrogen-bond donors (Lipinski definition) is 3. The summed E-state index contributed by atoms with van der Waals surface area (Å²) in [4.78, 5) is 27.9. The van der Waals surface area contributed by atoms with Gasteiger partial charge in [0.05, 0.1) is 17.8 Å². The molecule has 0 bridgehead atoms. The van der Waals surface area contributed by atoms with E-state index in [2.05, 4.69) is 21.0 Å². The van der Waals surface area contributed by atoms with Gasteiger partial charge in [0.15, 0.2) is 10.8 Å². The molecule has 1 aromatic carbocycles. The molecule has 1 aromatic heterocycles. The topological polar surface area (TPSA) is 107 Å². The molecule has 2 heterocycles. The number of aliphatic hydroxyl groups excluding tert-OH is 1. The number of carbonyl (C=O) groups is 2. The molecule has 1 amide bonds. The fourth-order valence-electron chi connectivity index (χ4n) is 3.69. The summed E-state index contributed by atoms with van der Waals surface area (Å²) in [6, 6.07) is 1.14. The third-order valence-electron chi connectivity index (χ3n) is 5.55. The molecule has 35 heavy (non-hydrogen) atoms. The molecular weight excluding hydrogens is 483 g/mol. The molecule has 1 aliphatic rings. The van der Waals surface area contributed by atoms with Crippen molar-refractivity contribution in [3.63, 3.8) is 0 Å². The molecule has 0 aliphatic carbocycles. The fraction of sp³-hybridized carbons (Fsp3) is 0.391. The highest BCUT2D eigenvalue weighted by molar-refractivity contribution is 7.12. The summed E-state index contributed by atoms with van der Waals surface area (Å²) in [5, 5.41) is 19.0. The monoisotopic (exact) mass is 509 g/mol. The second kappa shape index (κ2) is 11.5. The standard InChI is InChI=1S/C23H26F3N5O3S/c1-4-6-12(3)19-21(33)20(32)15(10-27-28-11-31(5-2)23(19)34)22-30-29-18(35-22)9-14-16(25)7-13(24)8-17(14)26/h7-8,10,12,27-28,33H,4-6,9,11H2,1-3H3/b15-10+,21-19-/t12-/m1/s1. The molecule has 2 aromatic rings. The number of aliphatic hydroxyl groups is 1. The van der Waals surface area contributed by atoms with E-state index in [1.807, 2.05) is 6.92 Å². The maximum atomic E-state index is 14.1. The number of likely N-dealkylation sites (N-methyl/N-ethyl adjacent to an activating group) is 1. The SMILES string of the molecule is CCC[C@@H](C)/C1=C(/O)C(=O)/C(c2nnc(Cc3c(F)cc(F)cc3F)s2)=C\NNCN(CC)C1=O. The van der Waals surface area contributed by atoms with Crippen LogP contribution in [0.3, 0.4) is 0 Å². The van der Waals surface area contributed by atoms with Gasteiger partial charge >= 0.3 is 0 Å². The Morgan fingerprint density at radius 2 is 1.86 bits per heavy atom. The second-order valence-corrected chi connectivity index (χ2v) is 9.07. The van der Waals surface area contributed by atoms with Crippen LogP contribution in [-0.4, -0.2) is 45.1 Å². The van der Waals surface area contributed by atoms with E-state index in [1.165, 1.54) is 11.1 Å². The number of halogens is 3. The molecule has 188 valence electrons. The number of benzene rings is 1. The molecule has 0 spiro atoms. The average Bonchev–Trinajstić information content (AvgIpc) is 3.26. The van der Waals surface area contributed by atoms with Crippen LogP contribution in [0.2, 0.25) is 0 Å². The maximum absolute atomic E-state index is 14.1. The van der Waals surface area contributed by atoms with Gasteiger partial charge in [-0.2, -0.15) is 0 Å². The van der Waals surface area contributed by atoms with Crippen molar-refractivity contribution in [3.05, 3.63) is 62.7 Å². The van der Waals surface area contributed by atoms with E-state index >= 15 is 0 Å². The highest BCUT2D eigenvalue weighted by atomic mass is 32.1. The fourth-order valence-corrected chi connectivity index (χ4v) is 4.55. The van der Waals surface area contributed by atoms with Crippen molar-refractivity contribution in [1.29, 1.82) is 0 Å². The van der Waals surface area contributed by atoms with Crippen molar-refractivity contribution in [2.75, 3.05) is 13.2 Å². The summed E-state index contributed by atoms with van der Waals surface area (Å²) >= 11 is 0.880. The number of nitrogens with one attached hydrogen (secondary N) is 2. The molecule has 1 aliphatic heterocycles. The van der Waals surface area contributed by atoms with Gasteiger partial charge in [-0.05, 0) is 19.3 Å². The Kier molecular flexibility index (Phi) is 8.62. The summed E-state index contributed by atoms with van der Waals surface area (Å²) in [6.45, 7) is 5.94. The maximum Gasteiger partial charge on any atom is 0.255 e. The highest BCUT2D eigenvalue weighted by Gasteiger charge is 2.32. The van der Waals surface area contributed by atoms with E-state index in [-0.39, 0.29) is 45.7 Å². The van der Waals surface area contributed by atoms with Crippen LogP contribution in [0.25, 0.3) is 5.57 Å². The van der Waals surface area contributed by atoms with E-state index in [9.17, 15) is 27.9 Å². The Balaban J connectivity index is 1.99.